The van der Waals surface area contributed by atoms with E-state index in [0.717, 1.165) is 5.56 Å². The molecule has 0 unspecified atom stereocenters. The van der Waals surface area contributed by atoms with Gasteiger partial charge in [0, 0.05) is 0 Å². The van der Waals surface area contributed by atoms with Crippen molar-refractivity contribution in [2.75, 3.05) is 6.61 Å². The molecule has 0 radical (unpaired) electrons. The van der Waals surface area contributed by atoms with Crippen LogP contribution in [0.3, 0.4) is 0 Å². The van der Waals surface area contributed by atoms with Gasteiger partial charge in [-0.15, -0.1) is 0 Å². The van der Waals surface area contributed by atoms with Gasteiger partial charge in [0.25, 0.3) is 0 Å². The van der Waals surface area contributed by atoms with Crippen molar-refractivity contribution in [2.24, 2.45) is 5.73 Å². The van der Waals surface area contributed by atoms with Gasteiger partial charge >= 0.3 is 5.97 Å². The number of carbonyl (C=O) groups is 2. The van der Waals surface area contributed by atoms with Crippen molar-refractivity contribution < 1.29 is 36.2 Å². The number of esters is 1. The molecule has 0 aromatic heterocycles. The number of hydrogen-bond acceptors (Lipinski definition) is 8. The topological polar surface area (TPSA) is 150 Å². The Balaban J connectivity index is 2.52. The van der Waals surface area contributed by atoms with Gasteiger partial charge in [-0.1, -0.05) is 30.3 Å². The molecule has 0 saturated heterocycles. The lowest BCUT2D eigenvalue weighted by atomic mass is 10.0. The highest BCUT2D eigenvalue weighted by Gasteiger charge is 2.31. The monoisotopic (exact) mass is 328 g/mol. The SMILES string of the molecule is [2H]N[C@@H](Cc1ccccc1)C(=O)OC[C@@H](O)[C@H](O)[C@H](O)[C@@H](O)C=O. The molecule has 0 spiro atoms. The Hall–Kier alpha value is -1.84. The van der Waals surface area contributed by atoms with Crippen molar-refractivity contribution in [3.05, 3.63) is 35.9 Å². The van der Waals surface area contributed by atoms with Crippen LogP contribution in [0.15, 0.2) is 30.3 Å². The lowest BCUT2D eigenvalue weighted by Gasteiger charge is -2.24. The number of aliphatic hydroxyl groups excluding tert-OH is 4. The minimum absolute atomic E-state index is 0.00647. The first-order valence-electron chi connectivity index (χ1n) is 7.46. The highest BCUT2D eigenvalue weighted by molar-refractivity contribution is 5.75. The molecule has 0 aliphatic carbocycles. The Bertz CT molecular complexity index is 516. The summed E-state index contributed by atoms with van der Waals surface area (Å²) in [7, 11) is 0. The van der Waals surface area contributed by atoms with Gasteiger partial charge in [-0.2, -0.15) is 0 Å². The minimum Gasteiger partial charge on any atom is -0.462 e. The smallest absolute Gasteiger partial charge is 0.323 e. The Morgan fingerprint density at radius 2 is 1.87 bits per heavy atom. The molecule has 8 nitrogen and oxygen atoms in total. The largest absolute Gasteiger partial charge is 0.462 e. The molecule has 128 valence electrons. The number of aliphatic hydroxyl groups is 4. The summed E-state index contributed by atoms with van der Waals surface area (Å²) in [5.74, 6) is -0.828. The Morgan fingerprint density at radius 1 is 1.22 bits per heavy atom. The number of carbonyl (C=O) groups excluding carboxylic acids is 2. The molecule has 0 bridgehead atoms. The molecular formula is C15H21NO7. The average molecular weight is 328 g/mol. The molecule has 6 N–H and O–H groups in total. The van der Waals surface area contributed by atoms with E-state index in [4.69, 9.17) is 11.3 Å². The predicted octanol–water partition coefficient (Wildman–Crippen LogP) is -2.26. The van der Waals surface area contributed by atoms with E-state index in [2.05, 4.69) is 0 Å². The van der Waals surface area contributed by atoms with Gasteiger partial charge < -0.3 is 35.7 Å². The normalized spacial score (nSPS) is 18.2. The average Bonchev–Trinajstić information content (AvgIpc) is 2.62. The van der Waals surface area contributed by atoms with Crippen LogP contribution in [-0.2, 0) is 20.7 Å². The van der Waals surface area contributed by atoms with E-state index < -0.39 is 43.0 Å². The first-order chi connectivity index (χ1) is 11.4. The fourth-order valence-corrected chi connectivity index (χ4v) is 1.81. The van der Waals surface area contributed by atoms with Crippen molar-refractivity contribution in [3.8, 4) is 0 Å². The lowest BCUT2D eigenvalue weighted by Crippen LogP contribution is -2.47. The van der Waals surface area contributed by atoms with Crippen LogP contribution in [0.2, 0.25) is 1.41 Å². The van der Waals surface area contributed by atoms with Gasteiger partial charge in [-0.05, 0) is 12.0 Å². The van der Waals surface area contributed by atoms with Crippen LogP contribution < -0.4 is 5.73 Å². The molecule has 5 atom stereocenters. The molecule has 0 amide bonds. The van der Waals surface area contributed by atoms with Crippen LogP contribution in [-0.4, -0.2) is 69.7 Å². The molecular weight excluding hydrogens is 306 g/mol. The van der Waals surface area contributed by atoms with E-state index in [1.54, 1.807) is 24.3 Å². The van der Waals surface area contributed by atoms with Gasteiger partial charge in [0.2, 0.25) is 0 Å². The van der Waals surface area contributed by atoms with Crippen LogP contribution in [0.5, 0.6) is 0 Å². The van der Waals surface area contributed by atoms with Crippen molar-refractivity contribution in [3.63, 3.8) is 0 Å². The number of benzene rings is 1. The van der Waals surface area contributed by atoms with Crippen LogP contribution in [0.4, 0.5) is 0 Å². The van der Waals surface area contributed by atoms with Crippen LogP contribution >= 0.6 is 0 Å². The zero-order valence-electron chi connectivity index (χ0n) is 13.3. The highest BCUT2D eigenvalue weighted by Crippen LogP contribution is 2.06. The van der Waals surface area contributed by atoms with E-state index in [1.807, 2.05) is 11.8 Å². The summed E-state index contributed by atoms with van der Waals surface area (Å²) in [6.45, 7) is -0.671. The maximum Gasteiger partial charge on any atom is 0.323 e. The summed E-state index contributed by atoms with van der Waals surface area (Å²) in [5.41, 5.74) is 2.84. The van der Waals surface area contributed by atoms with Crippen molar-refractivity contribution >= 4 is 12.3 Å². The first kappa shape index (κ1) is 17.5. The molecule has 0 aliphatic rings. The van der Waals surface area contributed by atoms with Gasteiger partial charge in [0.15, 0.2) is 6.29 Å². The second kappa shape index (κ2) is 9.33. The Kier molecular flexibility index (Phi) is 7.11. The minimum atomic E-state index is -1.91. The van der Waals surface area contributed by atoms with Gasteiger partial charge in [0.1, 0.15) is 38.5 Å². The Morgan fingerprint density at radius 3 is 2.43 bits per heavy atom. The predicted molar refractivity (Wildman–Crippen MR) is 79.2 cm³/mol. The zero-order valence-corrected chi connectivity index (χ0v) is 12.3. The second-order valence-electron chi connectivity index (χ2n) is 5.05. The Labute approximate surface area is 134 Å². The molecule has 0 saturated carbocycles. The zero-order chi connectivity index (χ0) is 18.1. The van der Waals surface area contributed by atoms with E-state index in [-0.39, 0.29) is 12.7 Å². The third-order valence-corrected chi connectivity index (χ3v) is 3.20. The number of ether oxygens (including phenoxy) is 1. The van der Waals surface area contributed by atoms with Crippen LogP contribution in [0, 0.1) is 0 Å². The van der Waals surface area contributed by atoms with Gasteiger partial charge in [-0.25, -0.2) is 0 Å². The van der Waals surface area contributed by atoms with Crippen molar-refractivity contribution in [2.45, 2.75) is 36.9 Å². The summed E-state index contributed by atoms with van der Waals surface area (Å²) in [6.07, 6.45) is -7.17. The third kappa shape index (κ3) is 6.05. The molecule has 1 rings (SSSR count). The fraction of sp³-hybridized carbons (Fsp3) is 0.467. The van der Waals surface area contributed by atoms with E-state index in [0.29, 0.717) is 0 Å². The number of rotatable bonds is 10. The first-order valence-corrected chi connectivity index (χ1v) is 6.96. The van der Waals surface area contributed by atoms with E-state index in [9.17, 15) is 24.9 Å². The second-order valence-corrected chi connectivity index (χ2v) is 5.05. The number of aldehydes is 1. The van der Waals surface area contributed by atoms with Crippen LogP contribution in [0.1, 0.15) is 5.56 Å². The standard InChI is InChI=1S/C15H21NO7/c16-10(6-9-4-2-1-3-5-9)15(22)23-8-12(19)14(21)13(20)11(18)7-17/h1-5,7,10-14,18-21H,6,8,16H2/t10-,11-,12+,13+,14-/m0/s1/i/hD. The fourth-order valence-electron chi connectivity index (χ4n) is 1.81. The summed E-state index contributed by atoms with van der Waals surface area (Å²) in [6, 6.07) is 7.92. The summed E-state index contributed by atoms with van der Waals surface area (Å²) in [4.78, 5) is 22.2. The molecule has 0 heterocycles. The maximum absolute atomic E-state index is 11.9. The van der Waals surface area contributed by atoms with Gasteiger partial charge in [-0.3, -0.25) is 4.79 Å². The molecule has 1 aromatic rings. The molecule has 23 heavy (non-hydrogen) atoms. The summed E-state index contributed by atoms with van der Waals surface area (Å²) < 4.78 is 12.0. The molecule has 1 aromatic carbocycles. The summed E-state index contributed by atoms with van der Waals surface area (Å²) in [5, 5.41) is 37.7. The van der Waals surface area contributed by atoms with E-state index >= 15 is 0 Å². The van der Waals surface area contributed by atoms with Crippen LogP contribution in [0.25, 0.3) is 0 Å². The molecule has 0 fully saturated rings. The lowest BCUT2D eigenvalue weighted by molar-refractivity contribution is -0.157. The number of hydrogen-bond donors (Lipinski definition) is 5. The molecule has 0 aliphatic heterocycles. The third-order valence-electron chi connectivity index (χ3n) is 3.20. The quantitative estimate of drug-likeness (QED) is 0.238. The molecule has 8 heteroatoms. The maximum atomic E-state index is 11.9. The number of nitrogens with two attached hydrogens (primary N) is 1. The van der Waals surface area contributed by atoms with Gasteiger partial charge in [0.05, 0.1) is 0 Å². The van der Waals surface area contributed by atoms with Crippen molar-refractivity contribution in [1.82, 2.24) is 0 Å². The van der Waals surface area contributed by atoms with E-state index in [1.165, 1.54) is 0 Å². The summed E-state index contributed by atoms with van der Waals surface area (Å²) >= 11 is 0. The van der Waals surface area contributed by atoms with Crippen molar-refractivity contribution in [1.29, 1.82) is 0 Å². The highest BCUT2D eigenvalue weighted by atomic mass is 16.5.